The van der Waals surface area contributed by atoms with Crippen molar-refractivity contribution in [2.24, 2.45) is 0 Å². The number of amides is 1. The summed E-state index contributed by atoms with van der Waals surface area (Å²) >= 11 is 4.07. The summed E-state index contributed by atoms with van der Waals surface area (Å²) in [6.45, 7) is 2.73. The summed E-state index contributed by atoms with van der Waals surface area (Å²) in [5, 5.41) is 6.05. The molecule has 1 atom stereocenters. The molecule has 1 aromatic heterocycles. The Morgan fingerprint density at radius 2 is 2.53 bits per heavy atom. The Hall–Kier alpha value is -0.180. The van der Waals surface area contributed by atoms with Crippen LogP contribution in [-0.2, 0) is 16.0 Å². The zero-order valence-corrected chi connectivity index (χ0v) is 12.3. The number of carbonyl (C=O) groups excluding carboxylic acids is 1. The second kappa shape index (κ2) is 6.67. The molecule has 0 aliphatic carbocycles. The lowest BCUT2D eigenvalue weighted by Crippen LogP contribution is -2.48. The van der Waals surface area contributed by atoms with Crippen LogP contribution < -0.4 is 10.6 Å². The van der Waals surface area contributed by atoms with Gasteiger partial charge in [0.05, 0.1) is 9.49 Å². The molecule has 1 amide bonds. The van der Waals surface area contributed by atoms with E-state index in [9.17, 15) is 4.79 Å². The summed E-state index contributed by atoms with van der Waals surface area (Å²) in [4.78, 5) is 13.0. The van der Waals surface area contributed by atoms with E-state index in [2.05, 4.69) is 45.4 Å². The average molecular weight is 366 g/mol. The number of rotatable bonds is 4. The maximum atomic E-state index is 11.7. The first-order valence-corrected chi connectivity index (χ1v) is 7.49. The average Bonchev–Trinajstić information content (AvgIpc) is 2.76. The molecule has 2 heterocycles. The number of ether oxygens (including phenoxy) is 1. The van der Waals surface area contributed by atoms with Gasteiger partial charge in [-0.2, -0.15) is 0 Å². The van der Waals surface area contributed by atoms with E-state index in [1.807, 2.05) is 0 Å². The molecule has 0 aromatic carbocycles. The largest absolute Gasteiger partial charge is 0.366 e. The first-order valence-electron chi connectivity index (χ1n) is 5.60. The first kappa shape index (κ1) is 13.3. The zero-order valence-electron chi connectivity index (χ0n) is 9.37. The van der Waals surface area contributed by atoms with Crippen molar-refractivity contribution in [3.05, 3.63) is 19.9 Å². The van der Waals surface area contributed by atoms with Crippen LogP contribution >= 0.6 is 33.9 Å². The lowest BCUT2D eigenvalue weighted by molar-refractivity contribution is -0.134. The topological polar surface area (TPSA) is 50.4 Å². The van der Waals surface area contributed by atoms with Crippen LogP contribution in [0.15, 0.2) is 12.1 Å². The van der Waals surface area contributed by atoms with Crippen molar-refractivity contribution in [3.63, 3.8) is 0 Å². The van der Waals surface area contributed by atoms with Crippen LogP contribution in [0.2, 0.25) is 0 Å². The van der Waals surface area contributed by atoms with Gasteiger partial charge in [-0.25, -0.2) is 0 Å². The number of carbonyl (C=O) groups is 1. The molecule has 0 spiro atoms. The van der Waals surface area contributed by atoms with Gasteiger partial charge in [0.2, 0.25) is 5.91 Å². The minimum Gasteiger partial charge on any atom is -0.366 e. The van der Waals surface area contributed by atoms with Gasteiger partial charge in [0.25, 0.3) is 0 Å². The van der Waals surface area contributed by atoms with Crippen LogP contribution in [0.1, 0.15) is 4.88 Å². The summed E-state index contributed by atoms with van der Waals surface area (Å²) in [6, 6.07) is 4.20. The van der Waals surface area contributed by atoms with Gasteiger partial charge in [-0.3, -0.25) is 4.79 Å². The van der Waals surface area contributed by atoms with Gasteiger partial charge in [-0.1, -0.05) is 0 Å². The summed E-state index contributed by atoms with van der Waals surface area (Å²) in [5.41, 5.74) is 0. The van der Waals surface area contributed by atoms with Crippen LogP contribution in [0.4, 0.5) is 0 Å². The Morgan fingerprint density at radius 3 is 3.18 bits per heavy atom. The van der Waals surface area contributed by atoms with Crippen molar-refractivity contribution in [3.8, 4) is 0 Å². The number of halogens is 1. The van der Waals surface area contributed by atoms with Crippen LogP contribution in [-0.4, -0.2) is 38.3 Å². The Bertz CT molecular complexity index is 377. The molecule has 1 aliphatic rings. The van der Waals surface area contributed by atoms with Crippen molar-refractivity contribution in [1.29, 1.82) is 0 Å². The molecule has 6 heteroatoms. The molecule has 0 saturated carbocycles. The van der Waals surface area contributed by atoms with E-state index < -0.39 is 0 Å². The third-order valence-corrected chi connectivity index (χ3v) is 4.47. The maximum Gasteiger partial charge on any atom is 0.250 e. The second-order valence-corrected chi connectivity index (χ2v) is 6.87. The van der Waals surface area contributed by atoms with Crippen molar-refractivity contribution < 1.29 is 9.53 Å². The lowest BCUT2D eigenvalue weighted by atomic mass is 10.2. The van der Waals surface area contributed by atoms with E-state index in [0.717, 1.165) is 13.0 Å². The summed E-state index contributed by atoms with van der Waals surface area (Å²) in [7, 11) is 0. The second-order valence-electron chi connectivity index (χ2n) is 3.81. The van der Waals surface area contributed by atoms with E-state index in [4.69, 9.17) is 4.74 Å². The molecule has 0 bridgehead atoms. The number of morpholine rings is 1. The normalized spacial score (nSPS) is 20.2. The molecule has 1 unspecified atom stereocenters. The third-order valence-electron chi connectivity index (χ3n) is 2.52. The number of hydrogen-bond donors (Lipinski definition) is 2. The van der Waals surface area contributed by atoms with Crippen LogP contribution in [0.3, 0.4) is 0 Å². The smallest absolute Gasteiger partial charge is 0.250 e. The standard InChI is InChI=1S/C11H15IN2O2S/c12-10-2-1-8(17-10)3-4-14-11(15)9-7-13-5-6-16-9/h1-2,9,13H,3-7H2,(H,14,15). The highest BCUT2D eigenvalue weighted by atomic mass is 127. The van der Waals surface area contributed by atoms with Gasteiger partial charge in [-0.05, 0) is 41.1 Å². The minimum absolute atomic E-state index is 0.0107. The predicted octanol–water partition coefficient (Wildman–Crippen LogP) is 1.000. The molecule has 1 aliphatic heterocycles. The molecule has 2 rings (SSSR count). The number of nitrogens with one attached hydrogen (secondary N) is 2. The highest BCUT2D eigenvalue weighted by Crippen LogP contribution is 2.18. The quantitative estimate of drug-likeness (QED) is 0.782. The molecule has 94 valence electrons. The van der Waals surface area contributed by atoms with E-state index >= 15 is 0 Å². The monoisotopic (exact) mass is 366 g/mol. The summed E-state index contributed by atoms with van der Waals surface area (Å²) in [5.74, 6) is -0.0107. The van der Waals surface area contributed by atoms with Gasteiger partial charge in [0, 0.05) is 24.5 Å². The Kier molecular flexibility index (Phi) is 5.20. The zero-order chi connectivity index (χ0) is 12.1. The minimum atomic E-state index is -0.327. The molecule has 17 heavy (non-hydrogen) atoms. The third kappa shape index (κ3) is 4.20. The van der Waals surface area contributed by atoms with Crippen LogP contribution in [0.5, 0.6) is 0 Å². The maximum absolute atomic E-state index is 11.7. The van der Waals surface area contributed by atoms with Gasteiger partial charge >= 0.3 is 0 Å². The molecule has 2 N–H and O–H groups in total. The molecular formula is C11H15IN2O2S. The fourth-order valence-electron chi connectivity index (χ4n) is 1.64. The molecule has 4 nitrogen and oxygen atoms in total. The molecule has 0 radical (unpaired) electrons. The van der Waals surface area contributed by atoms with E-state index in [1.165, 1.54) is 7.76 Å². The molecular weight excluding hydrogens is 351 g/mol. The van der Waals surface area contributed by atoms with Gasteiger partial charge in [0.15, 0.2) is 0 Å². The lowest BCUT2D eigenvalue weighted by Gasteiger charge is -2.22. The fourth-order valence-corrected chi connectivity index (χ4v) is 3.40. The van der Waals surface area contributed by atoms with Crippen molar-refractivity contribution in [2.45, 2.75) is 12.5 Å². The van der Waals surface area contributed by atoms with Crippen molar-refractivity contribution >= 4 is 39.8 Å². The van der Waals surface area contributed by atoms with Gasteiger partial charge in [-0.15, -0.1) is 11.3 Å². The highest BCUT2D eigenvalue weighted by Gasteiger charge is 2.20. The van der Waals surface area contributed by atoms with Crippen molar-refractivity contribution in [1.82, 2.24) is 10.6 Å². The Morgan fingerprint density at radius 1 is 1.65 bits per heavy atom. The predicted molar refractivity (Wildman–Crippen MR) is 76.4 cm³/mol. The highest BCUT2D eigenvalue weighted by molar-refractivity contribution is 14.1. The Balaban J connectivity index is 1.69. The number of hydrogen-bond acceptors (Lipinski definition) is 4. The molecule has 1 aromatic rings. The van der Waals surface area contributed by atoms with Crippen LogP contribution in [0, 0.1) is 2.88 Å². The van der Waals surface area contributed by atoms with Crippen LogP contribution in [0.25, 0.3) is 0 Å². The first-order chi connectivity index (χ1) is 8.25. The molecule has 1 fully saturated rings. The summed E-state index contributed by atoms with van der Waals surface area (Å²) < 4.78 is 6.65. The van der Waals surface area contributed by atoms with Gasteiger partial charge in [0.1, 0.15) is 6.10 Å². The van der Waals surface area contributed by atoms with E-state index in [1.54, 1.807) is 11.3 Å². The van der Waals surface area contributed by atoms with Crippen molar-refractivity contribution in [2.75, 3.05) is 26.2 Å². The van der Waals surface area contributed by atoms with E-state index in [-0.39, 0.29) is 12.0 Å². The van der Waals surface area contributed by atoms with E-state index in [0.29, 0.717) is 19.7 Å². The summed E-state index contributed by atoms with van der Waals surface area (Å²) in [6.07, 6.45) is 0.562. The fraction of sp³-hybridized carbons (Fsp3) is 0.545. The molecule has 1 saturated heterocycles. The number of thiophene rings is 1. The Labute approximate surface area is 118 Å². The van der Waals surface area contributed by atoms with Gasteiger partial charge < -0.3 is 15.4 Å². The SMILES string of the molecule is O=C(NCCc1ccc(I)s1)C1CNCCO1.